The Hall–Kier alpha value is -3.07. The number of ether oxygens (including phenoxy) is 2. The van der Waals surface area contributed by atoms with Crippen LogP contribution in [0.3, 0.4) is 0 Å². The van der Waals surface area contributed by atoms with Crippen molar-refractivity contribution in [2.24, 2.45) is 0 Å². The molecule has 1 atom stereocenters. The van der Waals surface area contributed by atoms with Gasteiger partial charge in [0.15, 0.2) is 0 Å². The van der Waals surface area contributed by atoms with Gasteiger partial charge in [0.2, 0.25) is 0 Å². The van der Waals surface area contributed by atoms with Crippen molar-refractivity contribution in [2.75, 3.05) is 6.61 Å². The maximum atomic E-state index is 11.9. The zero-order valence-electron chi connectivity index (χ0n) is 23.7. The number of benzene rings is 3. The van der Waals surface area contributed by atoms with Crippen LogP contribution in [-0.4, -0.2) is 12.6 Å². The third-order valence-electron chi connectivity index (χ3n) is 7.06. The Kier molecular flexibility index (Phi) is 13.0. The number of hydrogen-bond acceptors (Lipinski definition) is 3. The summed E-state index contributed by atoms with van der Waals surface area (Å²) in [5.74, 6) is 0.789. The van der Waals surface area contributed by atoms with Gasteiger partial charge in [0.05, 0.1) is 6.61 Å². The maximum absolute atomic E-state index is 11.9. The normalized spacial score (nSPS) is 11.8. The zero-order valence-corrected chi connectivity index (χ0v) is 23.7. The van der Waals surface area contributed by atoms with Gasteiger partial charge in [-0.2, -0.15) is 0 Å². The molecule has 0 aliphatic heterocycles. The van der Waals surface area contributed by atoms with E-state index in [0.29, 0.717) is 6.42 Å². The number of rotatable bonds is 17. The van der Waals surface area contributed by atoms with Crippen LogP contribution in [0.2, 0.25) is 0 Å². The molecule has 1 unspecified atom stereocenters. The van der Waals surface area contributed by atoms with Gasteiger partial charge in [-0.3, -0.25) is 4.79 Å². The lowest BCUT2D eigenvalue weighted by Gasteiger charge is -2.15. The second kappa shape index (κ2) is 16.7. The van der Waals surface area contributed by atoms with Crippen LogP contribution < -0.4 is 4.74 Å². The molecule has 3 rings (SSSR count). The lowest BCUT2D eigenvalue weighted by Crippen LogP contribution is -2.08. The Balaban J connectivity index is 1.52. The summed E-state index contributed by atoms with van der Waals surface area (Å²) in [4.78, 5) is 11.9. The molecule has 0 bridgehead atoms. The van der Waals surface area contributed by atoms with Crippen LogP contribution >= 0.6 is 0 Å². The number of esters is 1. The maximum Gasteiger partial charge on any atom is 0.306 e. The van der Waals surface area contributed by atoms with Crippen LogP contribution in [0.5, 0.6) is 5.75 Å². The van der Waals surface area contributed by atoms with Crippen LogP contribution in [0.15, 0.2) is 72.8 Å². The molecule has 3 aromatic rings. The van der Waals surface area contributed by atoms with Crippen molar-refractivity contribution in [3.8, 4) is 28.0 Å². The van der Waals surface area contributed by atoms with Gasteiger partial charge in [0, 0.05) is 6.42 Å². The molecule has 0 fully saturated rings. The first kappa shape index (κ1) is 29.5. The molecule has 0 radical (unpaired) electrons. The average molecular weight is 515 g/mol. The molecule has 0 saturated carbocycles. The molecule has 3 aromatic carbocycles. The van der Waals surface area contributed by atoms with Crippen molar-refractivity contribution in [3.63, 3.8) is 0 Å². The smallest absolute Gasteiger partial charge is 0.306 e. The molecule has 0 aliphatic rings. The van der Waals surface area contributed by atoms with Gasteiger partial charge in [0.25, 0.3) is 0 Å². The molecule has 0 saturated heterocycles. The van der Waals surface area contributed by atoms with Crippen molar-refractivity contribution >= 4 is 5.97 Å². The predicted molar refractivity (Wildman–Crippen MR) is 159 cm³/mol. The first-order valence-corrected chi connectivity index (χ1v) is 14.7. The number of carbonyl (C=O) groups is 1. The third-order valence-corrected chi connectivity index (χ3v) is 7.06. The van der Waals surface area contributed by atoms with Gasteiger partial charge in [-0.05, 0) is 59.7 Å². The van der Waals surface area contributed by atoms with Crippen molar-refractivity contribution in [2.45, 2.75) is 97.5 Å². The highest BCUT2D eigenvalue weighted by Gasteiger charge is 2.12. The quantitative estimate of drug-likeness (QED) is 0.133. The molecule has 0 spiro atoms. The Labute approximate surface area is 230 Å². The average Bonchev–Trinajstić information content (AvgIpc) is 2.94. The minimum Gasteiger partial charge on any atom is -0.494 e. The van der Waals surface area contributed by atoms with E-state index >= 15 is 0 Å². The van der Waals surface area contributed by atoms with Crippen LogP contribution in [0.1, 0.15) is 103 Å². The van der Waals surface area contributed by atoms with E-state index in [0.717, 1.165) is 36.3 Å². The molecular weight excluding hydrogens is 468 g/mol. The summed E-state index contributed by atoms with van der Waals surface area (Å²) in [7, 11) is 0. The highest BCUT2D eigenvalue weighted by molar-refractivity contribution is 5.83. The third kappa shape index (κ3) is 9.67. The van der Waals surface area contributed by atoms with Crippen molar-refractivity contribution in [1.82, 2.24) is 0 Å². The van der Waals surface area contributed by atoms with Crippen molar-refractivity contribution in [1.29, 1.82) is 0 Å². The van der Waals surface area contributed by atoms with E-state index in [-0.39, 0.29) is 12.1 Å². The topological polar surface area (TPSA) is 35.5 Å². The van der Waals surface area contributed by atoms with E-state index in [1.54, 1.807) is 0 Å². The van der Waals surface area contributed by atoms with Gasteiger partial charge >= 0.3 is 5.97 Å². The Bertz CT molecular complexity index is 1070. The van der Waals surface area contributed by atoms with Crippen LogP contribution in [-0.2, 0) is 9.53 Å². The summed E-state index contributed by atoms with van der Waals surface area (Å²) >= 11 is 0. The van der Waals surface area contributed by atoms with E-state index in [2.05, 4.69) is 79.7 Å². The SMILES string of the molecule is CCCCCCCCCCCOc1ccc(-c2ccccc2-c2ccc(C(C)OC(=O)CCC)cc2)cc1. The summed E-state index contributed by atoms with van der Waals surface area (Å²) in [5, 5.41) is 0. The van der Waals surface area contributed by atoms with Crippen LogP contribution in [0.25, 0.3) is 22.3 Å². The lowest BCUT2D eigenvalue weighted by molar-refractivity contribution is -0.148. The highest BCUT2D eigenvalue weighted by atomic mass is 16.5. The van der Waals surface area contributed by atoms with E-state index in [1.165, 1.54) is 68.1 Å². The molecule has 0 aromatic heterocycles. The minimum atomic E-state index is -0.249. The Morgan fingerprint density at radius 3 is 1.74 bits per heavy atom. The van der Waals surface area contributed by atoms with Crippen molar-refractivity contribution < 1.29 is 14.3 Å². The summed E-state index contributed by atoms with van der Waals surface area (Å²) < 4.78 is 11.6. The zero-order chi connectivity index (χ0) is 27.0. The van der Waals surface area contributed by atoms with Gasteiger partial charge in [-0.25, -0.2) is 0 Å². The molecule has 0 amide bonds. The second-order valence-corrected chi connectivity index (χ2v) is 10.3. The fourth-order valence-corrected chi connectivity index (χ4v) is 4.78. The number of carbonyl (C=O) groups excluding carboxylic acids is 1. The molecular formula is C35H46O3. The molecule has 0 aliphatic carbocycles. The monoisotopic (exact) mass is 514 g/mol. The van der Waals surface area contributed by atoms with Gasteiger partial charge in [-0.1, -0.05) is 126 Å². The minimum absolute atomic E-state index is 0.144. The second-order valence-electron chi connectivity index (χ2n) is 10.3. The largest absolute Gasteiger partial charge is 0.494 e. The molecule has 3 heteroatoms. The number of hydrogen-bond donors (Lipinski definition) is 0. The molecule has 38 heavy (non-hydrogen) atoms. The first-order valence-electron chi connectivity index (χ1n) is 14.7. The molecule has 204 valence electrons. The fourth-order valence-electron chi connectivity index (χ4n) is 4.78. The summed E-state index contributed by atoms with van der Waals surface area (Å²) in [5.41, 5.74) is 5.68. The Morgan fingerprint density at radius 2 is 1.18 bits per heavy atom. The number of unbranched alkanes of at least 4 members (excludes halogenated alkanes) is 8. The highest BCUT2D eigenvalue weighted by Crippen LogP contribution is 2.33. The van der Waals surface area contributed by atoms with Crippen LogP contribution in [0, 0.1) is 0 Å². The summed E-state index contributed by atoms with van der Waals surface area (Å²) in [6.45, 7) is 6.96. The van der Waals surface area contributed by atoms with E-state index in [1.807, 2.05) is 13.8 Å². The van der Waals surface area contributed by atoms with E-state index < -0.39 is 0 Å². The fraction of sp³-hybridized carbons (Fsp3) is 0.457. The standard InChI is InChI=1S/C35H46O3/c1-4-6-7-8-9-10-11-12-15-27-37-32-25-23-31(24-26-32)34-18-14-13-17-33(34)30-21-19-29(20-22-30)28(3)38-35(36)16-5-2/h13-14,17-26,28H,4-12,15-16,27H2,1-3H3. The predicted octanol–water partition coefficient (Wildman–Crippen LogP) is 10.3. The first-order chi connectivity index (χ1) is 18.6. The van der Waals surface area contributed by atoms with E-state index in [9.17, 15) is 4.79 Å². The molecule has 3 nitrogen and oxygen atoms in total. The van der Waals surface area contributed by atoms with Gasteiger partial charge < -0.3 is 9.47 Å². The lowest BCUT2D eigenvalue weighted by atomic mass is 9.94. The Morgan fingerprint density at radius 1 is 0.658 bits per heavy atom. The van der Waals surface area contributed by atoms with Gasteiger partial charge in [0.1, 0.15) is 11.9 Å². The summed E-state index contributed by atoms with van der Waals surface area (Å²) in [6.07, 6.45) is 12.9. The van der Waals surface area contributed by atoms with E-state index in [4.69, 9.17) is 9.47 Å². The molecule has 0 N–H and O–H groups in total. The van der Waals surface area contributed by atoms with Crippen LogP contribution in [0.4, 0.5) is 0 Å². The molecule has 0 heterocycles. The van der Waals surface area contributed by atoms with Gasteiger partial charge in [-0.15, -0.1) is 0 Å². The van der Waals surface area contributed by atoms with Crippen molar-refractivity contribution in [3.05, 3.63) is 78.4 Å². The summed E-state index contributed by atoms with van der Waals surface area (Å²) in [6, 6.07) is 25.3.